The predicted molar refractivity (Wildman–Crippen MR) is 131 cm³/mol. The van der Waals surface area contributed by atoms with Gasteiger partial charge in [-0.3, -0.25) is 0 Å². The average Bonchev–Trinajstić information content (AvgIpc) is 2.78. The number of anilines is 1. The topological polar surface area (TPSA) is 59.6 Å². The Kier molecular flexibility index (Phi) is 9.14. The maximum absolute atomic E-state index is 12.5. The number of rotatable bonds is 8. The van der Waals surface area contributed by atoms with Crippen molar-refractivity contribution >= 4 is 40.3 Å². The lowest BCUT2D eigenvalue weighted by molar-refractivity contribution is 0.428. The third-order valence-electron chi connectivity index (χ3n) is 4.82. The first-order valence-electron chi connectivity index (χ1n) is 10.1. The smallest absolute Gasteiger partial charge is 0.148 e. The SMILES string of the molecule is C/C(=C\C=C(/C)[S+]([O-])NCc1ccc(Cl)c(Cl)c1)Oc1cccc(N2CCNCC2)c1. The van der Waals surface area contributed by atoms with Gasteiger partial charge in [0, 0.05) is 44.9 Å². The third kappa shape index (κ3) is 7.45. The van der Waals surface area contributed by atoms with Gasteiger partial charge in [-0.25, -0.2) is 0 Å². The summed E-state index contributed by atoms with van der Waals surface area (Å²) in [4.78, 5) is 3.03. The highest BCUT2D eigenvalue weighted by Gasteiger charge is 2.12. The van der Waals surface area contributed by atoms with Crippen LogP contribution in [0.2, 0.25) is 10.0 Å². The van der Waals surface area contributed by atoms with Crippen LogP contribution in [0.3, 0.4) is 0 Å². The molecule has 1 aliphatic heterocycles. The maximum atomic E-state index is 12.5. The lowest BCUT2D eigenvalue weighted by Crippen LogP contribution is -2.43. The zero-order valence-electron chi connectivity index (χ0n) is 17.7. The Hall–Kier alpha value is -1.67. The molecule has 1 aliphatic rings. The number of hydrogen-bond donors (Lipinski definition) is 2. The number of hydrogen-bond acceptors (Lipinski definition) is 5. The second-order valence-corrected chi connectivity index (χ2v) is 9.51. The first kappa shape index (κ1) is 24.0. The first-order valence-corrected chi connectivity index (χ1v) is 12.0. The number of halogens is 2. The van der Waals surface area contributed by atoms with Crippen LogP contribution < -0.4 is 19.7 Å². The maximum Gasteiger partial charge on any atom is 0.148 e. The van der Waals surface area contributed by atoms with Gasteiger partial charge in [0.15, 0.2) is 0 Å². The molecular formula is C23H27Cl2N3O2S. The molecule has 0 aromatic heterocycles. The summed E-state index contributed by atoms with van der Waals surface area (Å²) in [6.07, 6.45) is 3.62. The van der Waals surface area contributed by atoms with E-state index in [0.29, 0.717) is 21.5 Å². The molecule has 5 nitrogen and oxygen atoms in total. The highest BCUT2D eigenvalue weighted by Crippen LogP contribution is 2.24. The van der Waals surface area contributed by atoms with Crippen molar-refractivity contribution < 1.29 is 9.29 Å². The van der Waals surface area contributed by atoms with Crippen LogP contribution in [0.4, 0.5) is 5.69 Å². The van der Waals surface area contributed by atoms with Crippen molar-refractivity contribution in [3.05, 3.63) is 80.9 Å². The fourth-order valence-electron chi connectivity index (χ4n) is 3.10. The molecule has 1 fully saturated rings. The second kappa shape index (κ2) is 11.8. The van der Waals surface area contributed by atoms with Crippen LogP contribution in [-0.4, -0.2) is 30.7 Å². The van der Waals surface area contributed by atoms with Crippen molar-refractivity contribution in [3.63, 3.8) is 0 Å². The molecule has 0 saturated carbocycles. The second-order valence-electron chi connectivity index (χ2n) is 7.23. The van der Waals surface area contributed by atoms with E-state index >= 15 is 0 Å². The van der Waals surface area contributed by atoms with E-state index in [2.05, 4.69) is 27.1 Å². The van der Waals surface area contributed by atoms with Crippen LogP contribution in [0.15, 0.2) is 65.3 Å². The van der Waals surface area contributed by atoms with E-state index in [0.717, 1.165) is 48.9 Å². The molecule has 2 N–H and O–H groups in total. The molecule has 0 amide bonds. The van der Waals surface area contributed by atoms with Crippen LogP contribution in [0.5, 0.6) is 5.75 Å². The van der Waals surface area contributed by atoms with Gasteiger partial charge in [-0.15, -0.1) is 4.72 Å². The summed E-state index contributed by atoms with van der Waals surface area (Å²) in [6, 6.07) is 13.4. The highest BCUT2D eigenvalue weighted by molar-refractivity contribution is 7.93. The summed E-state index contributed by atoms with van der Waals surface area (Å²) in [5.41, 5.74) is 2.07. The molecular weight excluding hydrogens is 453 g/mol. The van der Waals surface area contributed by atoms with Gasteiger partial charge >= 0.3 is 0 Å². The molecule has 1 saturated heterocycles. The molecule has 166 valence electrons. The quantitative estimate of drug-likeness (QED) is 0.315. The minimum absolute atomic E-state index is 0.423. The molecule has 1 atom stereocenters. The molecule has 1 unspecified atom stereocenters. The zero-order valence-corrected chi connectivity index (χ0v) is 20.0. The Morgan fingerprint density at radius 2 is 1.90 bits per heavy atom. The monoisotopic (exact) mass is 479 g/mol. The van der Waals surface area contributed by atoms with Crippen LogP contribution in [0.25, 0.3) is 0 Å². The molecule has 31 heavy (non-hydrogen) atoms. The molecule has 2 aromatic carbocycles. The van der Waals surface area contributed by atoms with Crippen molar-refractivity contribution in [2.24, 2.45) is 0 Å². The Morgan fingerprint density at radius 1 is 1.13 bits per heavy atom. The van der Waals surface area contributed by atoms with Gasteiger partial charge in [0.25, 0.3) is 0 Å². The Morgan fingerprint density at radius 3 is 2.65 bits per heavy atom. The lowest BCUT2D eigenvalue weighted by Gasteiger charge is -2.29. The molecule has 0 spiro atoms. The van der Waals surface area contributed by atoms with Crippen LogP contribution in [0, 0.1) is 0 Å². The van der Waals surface area contributed by atoms with Gasteiger partial charge < -0.3 is 19.5 Å². The van der Waals surface area contributed by atoms with Gasteiger partial charge in [0.05, 0.1) is 28.0 Å². The Bertz CT molecular complexity index is 946. The van der Waals surface area contributed by atoms with Gasteiger partial charge in [-0.05, 0) is 48.9 Å². The molecule has 0 aliphatic carbocycles. The number of ether oxygens (including phenoxy) is 1. The summed E-state index contributed by atoms with van der Waals surface area (Å²) in [7, 11) is 0. The standard InChI is InChI=1S/C23H27Cl2N3O2S/c1-17(30-21-5-3-4-20(15-21)28-12-10-26-11-13-28)6-7-18(2)31(29)27-16-19-8-9-22(24)23(25)14-19/h3-9,14-15,26-27H,10-13,16H2,1-2H3/b17-6+,18-7+. The van der Waals surface area contributed by atoms with E-state index in [-0.39, 0.29) is 0 Å². The minimum Gasteiger partial charge on any atom is -0.593 e. The van der Waals surface area contributed by atoms with E-state index < -0.39 is 11.4 Å². The first-order chi connectivity index (χ1) is 14.9. The van der Waals surface area contributed by atoms with Crippen LogP contribution in [0.1, 0.15) is 19.4 Å². The van der Waals surface area contributed by atoms with E-state index in [4.69, 9.17) is 27.9 Å². The van der Waals surface area contributed by atoms with Gasteiger partial charge in [-0.2, -0.15) is 0 Å². The van der Waals surface area contributed by atoms with Gasteiger partial charge in [0.1, 0.15) is 16.4 Å². The predicted octanol–water partition coefficient (Wildman–Crippen LogP) is 5.04. The third-order valence-corrected chi connectivity index (χ3v) is 6.68. The number of piperazine rings is 1. The van der Waals surface area contributed by atoms with Gasteiger partial charge in [-0.1, -0.05) is 35.3 Å². The van der Waals surface area contributed by atoms with E-state index in [9.17, 15) is 4.55 Å². The summed E-state index contributed by atoms with van der Waals surface area (Å²) < 4.78 is 21.4. The largest absolute Gasteiger partial charge is 0.593 e. The number of benzene rings is 2. The zero-order chi connectivity index (χ0) is 22.2. The van der Waals surface area contributed by atoms with Crippen LogP contribution in [-0.2, 0) is 17.9 Å². The minimum atomic E-state index is -1.32. The average molecular weight is 480 g/mol. The molecule has 0 radical (unpaired) electrons. The molecule has 8 heteroatoms. The molecule has 3 rings (SSSR count). The number of nitrogens with one attached hydrogen (secondary N) is 2. The van der Waals surface area contributed by atoms with Crippen molar-refractivity contribution in [3.8, 4) is 5.75 Å². The fraction of sp³-hybridized carbons (Fsp3) is 0.304. The number of nitrogens with zero attached hydrogens (tertiary/aromatic N) is 1. The van der Waals surface area contributed by atoms with Crippen molar-refractivity contribution in [1.82, 2.24) is 10.0 Å². The Labute approximate surface area is 197 Å². The molecule has 2 aromatic rings. The lowest BCUT2D eigenvalue weighted by atomic mass is 10.2. The summed E-state index contributed by atoms with van der Waals surface area (Å²) in [5.74, 6) is 1.51. The van der Waals surface area contributed by atoms with E-state index in [1.807, 2.05) is 38.1 Å². The number of allylic oxidation sites excluding steroid dienone is 4. The summed E-state index contributed by atoms with van der Waals surface area (Å²) >= 11 is 10.6. The summed E-state index contributed by atoms with van der Waals surface area (Å²) in [6.45, 7) is 8.07. The van der Waals surface area contributed by atoms with Gasteiger partial charge in [0.2, 0.25) is 0 Å². The van der Waals surface area contributed by atoms with Crippen molar-refractivity contribution in [2.75, 3.05) is 31.1 Å². The molecule has 0 bridgehead atoms. The normalized spacial score (nSPS) is 16.4. The molecule has 1 heterocycles. The van der Waals surface area contributed by atoms with Crippen molar-refractivity contribution in [1.29, 1.82) is 0 Å². The Balaban J connectivity index is 1.54. The fourth-order valence-corrected chi connectivity index (χ4v) is 4.13. The summed E-state index contributed by atoms with van der Waals surface area (Å²) in [5, 5.41) is 4.34. The van der Waals surface area contributed by atoms with Crippen LogP contribution >= 0.6 is 23.2 Å². The van der Waals surface area contributed by atoms with E-state index in [1.54, 1.807) is 18.2 Å². The van der Waals surface area contributed by atoms with Crippen molar-refractivity contribution in [2.45, 2.75) is 20.4 Å². The van der Waals surface area contributed by atoms with E-state index in [1.165, 1.54) is 0 Å². The highest BCUT2D eigenvalue weighted by atomic mass is 35.5.